The van der Waals surface area contributed by atoms with Crippen LogP contribution in [0, 0.1) is 0 Å². The van der Waals surface area contributed by atoms with Crippen LogP contribution >= 0.6 is 0 Å². The monoisotopic (exact) mass is 284 g/mol. The SMILES string of the molecule is CN1CCN(C)C(c2nc(N)nc(-c3ccccc3)n2)C1. The second kappa shape index (κ2) is 5.75. The minimum Gasteiger partial charge on any atom is -0.368 e. The molecule has 6 heteroatoms. The zero-order chi connectivity index (χ0) is 14.8. The summed E-state index contributed by atoms with van der Waals surface area (Å²) in [4.78, 5) is 17.8. The average Bonchev–Trinajstić information content (AvgIpc) is 2.50. The molecule has 0 spiro atoms. The molecule has 2 N–H and O–H groups in total. The van der Waals surface area contributed by atoms with E-state index in [9.17, 15) is 0 Å². The maximum absolute atomic E-state index is 5.89. The molecule has 1 aliphatic heterocycles. The summed E-state index contributed by atoms with van der Waals surface area (Å²) >= 11 is 0. The number of likely N-dealkylation sites (N-methyl/N-ethyl adjacent to an activating group) is 2. The minimum absolute atomic E-state index is 0.150. The molecule has 0 bridgehead atoms. The molecule has 0 saturated carbocycles. The number of nitrogens with zero attached hydrogens (tertiary/aromatic N) is 5. The molecule has 0 radical (unpaired) electrons. The number of rotatable bonds is 2. The lowest BCUT2D eigenvalue weighted by molar-refractivity contribution is 0.109. The number of piperazine rings is 1. The normalized spacial score (nSPS) is 20.6. The first-order valence-corrected chi connectivity index (χ1v) is 7.09. The smallest absolute Gasteiger partial charge is 0.223 e. The van der Waals surface area contributed by atoms with Crippen molar-refractivity contribution < 1.29 is 0 Å². The van der Waals surface area contributed by atoms with E-state index in [0.717, 1.165) is 31.0 Å². The molecule has 110 valence electrons. The van der Waals surface area contributed by atoms with E-state index in [1.807, 2.05) is 30.3 Å². The van der Waals surface area contributed by atoms with Crippen LogP contribution in [-0.4, -0.2) is 58.5 Å². The number of nitrogen functional groups attached to an aromatic ring is 1. The third kappa shape index (κ3) is 3.01. The summed E-state index contributed by atoms with van der Waals surface area (Å²) in [6.45, 7) is 2.95. The van der Waals surface area contributed by atoms with Crippen LogP contribution in [0.5, 0.6) is 0 Å². The van der Waals surface area contributed by atoms with Crippen molar-refractivity contribution in [2.24, 2.45) is 0 Å². The number of aromatic nitrogens is 3. The predicted octanol–water partition coefficient (Wildman–Crippen LogP) is 1.04. The molecule has 1 atom stereocenters. The fraction of sp³-hybridized carbons (Fsp3) is 0.400. The van der Waals surface area contributed by atoms with E-state index in [-0.39, 0.29) is 12.0 Å². The van der Waals surface area contributed by atoms with Gasteiger partial charge in [-0.25, -0.2) is 4.98 Å². The average molecular weight is 284 g/mol. The van der Waals surface area contributed by atoms with Crippen LogP contribution in [0.4, 0.5) is 5.95 Å². The third-order valence-electron chi connectivity index (χ3n) is 3.85. The van der Waals surface area contributed by atoms with Crippen molar-refractivity contribution in [2.45, 2.75) is 6.04 Å². The van der Waals surface area contributed by atoms with Crippen LogP contribution in [0.25, 0.3) is 11.4 Å². The van der Waals surface area contributed by atoms with E-state index >= 15 is 0 Å². The minimum atomic E-state index is 0.150. The van der Waals surface area contributed by atoms with E-state index in [1.165, 1.54) is 0 Å². The summed E-state index contributed by atoms with van der Waals surface area (Å²) in [5, 5.41) is 0. The Hall–Kier alpha value is -2.05. The van der Waals surface area contributed by atoms with Gasteiger partial charge in [0.1, 0.15) is 0 Å². The summed E-state index contributed by atoms with van der Waals surface area (Å²) in [5.41, 5.74) is 6.85. The fourth-order valence-corrected chi connectivity index (χ4v) is 2.56. The van der Waals surface area contributed by atoms with Crippen molar-refractivity contribution in [1.29, 1.82) is 0 Å². The van der Waals surface area contributed by atoms with Crippen molar-refractivity contribution in [3.8, 4) is 11.4 Å². The van der Waals surface area contributed by atoms with Crippen LogP contribution < -0.4 is 5.73 Å². The topological polar surface area (TPSA) is 71.2 Å². The number of anilines is 1. The van der Waals surface area contributed by atoms with Gasteiger partial charge < -0.3 is 10.6 Å². The predicted molar refractivity (Wildman–Crippen MR) is 82.5 cm³/mol. The largest absolute Gasteiger partial charge is 0.368 e. The Bertz CT molecular complexity index is 615. The summed E-state index contributed by atoms with van der Waals surface area (Å²) < 4.78 is 0. The molecule has 1 fully saturated rings. The summed E-state index contributed by atoms with van der Waals surface area (Å²) in [6.07, 6.45) is 0. The van der Waals surface area contributed by atoms with E-state index < -0.39 is 0 Å². The van der Waals surface area contributed by atoms with Gasteiger partial charge in [-0.1, -0.05) is 30.3 Å². The Morgan fingerprint density at radius 2 is 1.81 bits per heavy atom. The summed E-state index contributed by atoms with van der Waals surface area (Å²) in [7, 11) is 4.21. The molecular weight excluding hydrogens is 264 g/mol. The van der Waals surface area contributed by atoms with Crippen LogP contribution in [0.2, 0.25) is 0 Å². The second-order valence-corrected chi connectivity index (χ2v) is 5.50. The van der Waals surface area contributed by atoms with Gasteiger partial charge >= 0.3 is 0 Å². The first kappa shape index (κ1) is 13.9. The standard InChI is InChI=1S/C15H20N6/c1-20-8-9-21(2)12(10-20)14-17-13(18-15(16)19-14)11-6-4-3-5-7-11/h3-7,12H,8-10H2,1-2H3,(H2,16,17,18,19). The first-order valence-electron chi connectivity index (χ1n) is 7.09. The van der Waals surface area contributed by atoms with Crippen molar-refractivity contribution in [3.05, 3.63) is 36.2 Å². The lowest BCUT2D eigenvalue weighted by Gasteiger charge is -2.36. The molecule has 21 heavy (non-hydrogen) atoms. The van der Waals surface area contributed by atoms with E-state index in [4.69, 9.17) is 5.73 Å². The van der Waals surface area contributed by atoms with Gasteiger partial charge in [-0.2, -0.15) is 9.97 Å². The second-order valence-electron chi connectivity index (χ2n) is 5.50. The highest BCUT2D eigenvalue weighted by atomic mass is 15.3. The maximum atomic E-state index is 5.89. The van der Waals surface area contributed by atoms with E-state index in [1.54, 1.807) is 0 Å². The highest BCUT2D eigenvalue weighted by molar-refractivity contribution is 5.55. The molecule has 1 aliphatic rings. The molecule has 1 saturated heterocycles. The van der Waals surface area contributed by atoms with E-state index in [2.05, 4.69) is 38.8 Å². The number of hydrogen-bond acceptors (Lipinski definition) is 6. The first-order chi connectivity index (χ1) is 10.1. The van der Waals surface area contributed by atoms with Gasteiger partial charge in [-0.05, 0) is 14.1 Å². The highest BCUT2D eigenvalue weighted by Gasteiger charge is 2.27. The molecule has 1 unspecified atom stereocenters. The fourth-order valence-electron chi connectivity index (χ4n) is 2.56. The summed E-state index contributed by atoms with van der Waals surface area (Å²) in [5.74, 6) is 1.66. The molecule has 3 rings (SSSR count). The van der Waals surface area contributed by atoms with Gasteiger partial charge in [-0.15, -0.1) is 0 Å². The highest BCUT2D eigenvalue weighted by Crippen LogP contribution is 2.23. The van der Waals surface area contributed by atoms with Gasteiger partial charge in [0.25, 0.3) is 0 Å². The molecule has 1 aromatic heterocycles. The lowest BCUT2D eigenvalue weighted by atomic mass is 10.1. The summed E-state index contributed by atoms with van der Waals surface area (Å²) in [6, 6.07) is 10.0. The molecular formula is C15H20N6. The Morgan fingerprint density at radius 3 is 2.57 bits per heavy atom. The van der Waals surface area contributed by atoms with Crippen LogP contribution in [-0.2, 0) is 0 Å². The third-order valence-corrected chi connectivity index (χ3v) is 3.85. The van der Waals surface area contributed by atoms with Crippen LogP contribution in [0.3, 0.4) is 0 Å². The van der Waals surface area contributed by atoms with E-state index in [0.29, 0.717) is 5.82 Å². The van der Waals surface area contributed by atoms with Crippen LogP contribution in [0.1, 0.15) is 11.9 Å². The number of nitrogens with two attached hydrogens (primary N) is 1. The van der Waals surface area contributed by atoms with Gasteiger partial charge in [0, 0.05) is 25.2 Å². The Labute approximate surface area is 124 Å². The Morgan fingerprint density at radius 1 is 1.05 bits per heavy atom. The van der Waals surface area contributed by atoms with Crippen molar-refractivity contribution in [2.75, 3.05) is 39.5 Å². The lowest BCUT2D eigenvalue weighted by Crippen LogP contribution is -2.45. The molecule has 0 aliphatic carbocycles. The Kier molecular flexibility index (Phi) is 3.81. The maximum Gasteiger partial charge on any atom is 0.223 e. The van der Waals surface area contributed by atoms with Crippen molar-refractivity contribution >= 4 is 5.95 Å². The van der Waals surface area contributed by atoms with Crippen LogP contribution in [0.15, 0.2) is 30.3 Å². The number of hydrogen-bond donors (Lipinski definition) is 1. The zero-order valence-corrected chi connectivity index (χ0v) is 12.4. The molecule has 6 nitrogen and oxygen atoms in total. The van der Waals surface area contributed by atoms with Crippen molar-refractivity contribution in [3.63, 3.8) is 0 Å². The quantitative estimate of drug-likeness (QED) is 0.888. The van der Waals surface area contributed by atoms with Gasteiger partial charge in [0.05, 0.1) is 6.04 Å². The molecule has 2 aromatic rings. The Balaban J connectivity index is 1.98. The molecule has 2 heterocycles. The van der Waals surface area contributed by atoms with Gasteiger partial charge in [0.15, 0.2) is 11.6 Å². The van der Waals surface area contributed by atoms with Gasteiger partial charge in [0.2, 0.25) is 5.95 Å². The zero-order valence-electron chi connectivity index (χ0n) is 12.4. The van der Waals surface area contributed by atoms with Gasteiger partial charge in [-0.3, -0.25) is 4.90 Å². The number of benzene rings is 1. The van der Waals surface area contributed by atoms with Crippen molar-refractivity contribution in [1.82, 2.24) is 24.8 Å². The molecule has 1 aromatic carbocycles. The molecule has 0 amide bonds.